The van der Waals surface area contributed by atoms with Crippen LogP contribution in [0.4, 0.5) is 0 Å². The van der Waals surface area contributed by atoms with Gasteiger partial charge in [-0.2, -0.15) is 0 Å². The second-order valence-electron chi connectivity index (χ2n) is 3.72. The van der Waals surface area contributed by atoms with Crippen LogP contribution in [0.3, 0.4) is 0 Å². The highest BCUT2D eigenvalue weighted by atomic mass is 16.5. The highest BCUT2D eigenvalue weighted by Crippen LogP contribution is 2.10. The SMILES string of the molecule is CCC(C)Oc1nc2ccccc2[nH]c1=O. The molecule has 0 fully saturated rings. The molecule has 2 aromatic rings. The Bertz CT molecular complexity index is 548. The van der Waals surface area contributed by atoms with E-state index >= 15 is 0 Å². The Hall–Kier alpha value is -1.84. The first-order valence-corrected chi connectivity index (χ1v) is 5.36. The third-order valence-corrected chi connectivity index (χ3v) is 2.46. The van der Waals surface area contributed by atoms with Crippen LogP contribution in [0.25, 0.3) is 11.0 Å². The molecule has 1 heterocycles. The number of aromatic amines is 1. The van der Waals surface area contributed by atoms with Crippen LogP contribution >= 0.6 is 0 Å². The maximum Gasteiger partial charge on any atom is 0.311 e. The van der Waals surface area contributed by atoms with Crippen molar-refractivity contribution in [3.63, 3.8) is 0 Å². The third kappa shape index (κ3) is 2.05. The summed E-state index contributed by atoms with van der Waals surface area (Å²) in [4.78, 5) is 18.6. The summed E-state index contributed by atoms with van der Waals surface area (Å²) in [5, 5.41) is 0. The molecule has 0 bridgehead atoms. The van der Waals surface area contributed by atoms with Crippen molar-refractivity contribution in [2.45, 2.75) is 26.4 Å². The monoisotopic (exact) mass is 218 g/mol. The number of aromatic nitrogens is 2. The van der Waals surface area contributed by atoms with E-state index in [9.17, 15) is 4.79 Å². The summed E-state index contributed by atoms with van der Waals surface area (Å²) in [7, 11) is 0. The number of rotatable bonds is 3. The number of benzene rings is 1. The van der Waals surface area contributed by atoms with E-state index in [1.165, 1.54) is 0 Å². The van der Waals surface area contributed by atoms with E-state index in [1.807, 2.05) is 38.1 Å². The molecule has 84 valence electrons. The molecule has 1 aromatic carbocycles. The van der Waals surface area contributed by atoms with Crippen molar-refractivity contribution in [3.05, 3.63) is 34.6 Å². The second kappa shape index (κ2) is 4.35. The van der Waals surface area contributed by atoms with Crippen LogP contribution in [-0.4, -0.2) is 16.1 Å². The van der Waals surface area contributed by atoms with E-state index in [2.05, 4.69) is 9.97 Å². The zero-order valence-corrected chi connectivity index (χ0v) is 9.36. The van der Waals surface area contributed by atoms with Gasteiger partial charge in [0.05, 0.1) is 17.1 Å². The molecular weight excluding hydrogens is 204 g/mol. The summed E-state index contributed by atoms with van der Waals surface area (Å²) in [6.45, 7) is 3.91. The van der Waals surface area contributed by atoms with E-state index < -0.39 is 0 Å². The summed E-state index contributed by atoms with van der Waals surface area (Å²) in [5.74, 6) is 0.146. The van der Waals surface area contributed by atoms with Crippen LogP contribution in [0, 0.1) is 0 Å². The minimum Gasteiger partial charge on any atom is -0.471 e. The van der Waals surface area contributed by atoms with Crippen molar-refractivity contribution in [1.82, 2.24) is 9.97 Å². The van der Waals surface area contributed by atoms with E-state index in [-0.39, 0.29) is 17.5 Å². The molecule has 0 radical (unpaired) electrons. The molecule has 0 aliphatic carbocycles. The van der Waals surface area contributed by atoms with Gasteiger partial charge in [0.15, 0.2) is 0 Å². The van der Waals surface area contributed by atoms with E-state index in [0.29, 0.717) is 0 Å². The standard InChI is InChI=1S/C12H14N2O2/c1-3-8(2)16-12-11(15)13-9-6-4-5-7-10(9)14-12/h4-8H,3H2,1-2H3,(H,13,15). The van der Waals surface area contributed by atoms with Crippen LogP contribution in [-0.2, 0) is 0 Å². The van der Waals surface area contributed by atoms with Gasteiger partial charge >= 0.3 is 5.56 Å². The van der Waals surface area contributed by atoms with Crippen LogP contribution < -0.4 is 10.3 Å². The molecule has 0 saturated carbocycles. The first kappa shape index (κ1) is 10.7. The third-order valence-electron chi connectivity index (χ3n) is 2.46. The normalized spacial score (nSPS) is 12.6. The number of ether oxygens (including phenoxy) is 1. The van der Waals surface area contributed by atoms with Gasteiger partial charge in [-0.25, -0.2) is 4.98 Å². The first-order chi connectivity index (χ1) is 7.70. The Morgan fingerprint density at radius 1 is 1.44 bits per heavy atom. The quantitative estimate of drug-likeness (QED) is 0.858. The largest absolute Gasteiger partial charge is 0.471 e. The molecule has 2 rings (SSSR count). The predicted molar refractivity (Wildman–Crippen MR) is 62.7 cm³/mol. The minimum absolute atomic E-state index is 0.00485. The van der Waals surface area contributed by atoms with Crippen LogP contribution in [0.15, 0.2) is 29.1 Å². The molecule has 1 atom stereocenters. The number of hydrogen-bond acceptors (Lipinski definition) is 3. The fourth-order valence-electron chi connectivity index (χ4n) is 1.37. The average molecular weight is 218 g/mol. The topological polar surface area (TPSA) is 55.0 Å². The average Bonchev–Trinajstić information content (AvgIpc) is 2.30. The van der Waals surface area contributed by atoms with Crippen molar-refractivity contribution in [3.8, 4) is 5.88 Å². The van der Waals surface area contributed by atoms with Crippen LogP contribution in [0.2, 0.25) is 0 Å². The lowest BCUT2D eigenvalue weighted by Gasteiger charge is -2.10. The smallest absolute Gasteiger partial charge is 0.311 e. The van der Waals surface area contributed by atoms with Gasteiger partial charge in [-0.05, 0) is 25.5 Å². The van der Waals surface area contributed by atoms with Crippen molar-refractivity contribution < 1.29 is 4.74 Å². The Balaban J connectivity index is 2.46. The van der Waals surface area contributed by atoms with E-state index in [4.69, 9.17) is 4.74 Å². The molecule has 0 amide bonds. The summed E-state index contributed by atoms with van der Waals surface area (Å²) >= 11 is 0. The first-order valence-electron chi connectivity index (χ1n) is 5.36. The van der Waals surface area contributed by atoms with Gasteiger partial charge < -0.3 is 9.72 Å². The molecular formula is C12H14N2O2. The molecule has 0 saturated heterocycles. The fourth-order valence-corrected chi connectivity index (χ4v) is 1.37. The van der Waals surface area contributed by atoms with Gasteiger partial charge in [-0.1, -0.05) is 19.1 Å². The van der Waals surface area contributed by atoms with Gasteiger partial charge in [0.1, 0.15) is 0 Å². The lowest BCUT2D eigenvalue weighted by Crippen LogP contribution is -2.19. The zero-order chi connectivity index (χ0) is 11.5. The van der Waals surface area contributed by atoms with Gasteiger partial charge in [-0.15, -0.1) is 0 Å². The molecule has 1 unspecified atom stereocenters. The van der Waals surface area contributed by atoms with Crippen molar-refractivity contribution >= 4 is 11.0 Å². The molecule has 4 nitrogen and oxygen atoms in total. The zero-order valence-electron chi connectivity index (χ0n) is 9.36. The molecule has 1 N–H and O–H groups in total. The molecule has 0 spiro atoms. The Morgan fingerprint density at radius 3 is 2.94 bits per heavy atom. The molecule has 0 aliphatic heterocycles. The number of nitrogens with one attached hydrogen (secondary N) is 1. The van der Waals surface area contributed by atoms with Crippen LogP contribution in [0.5, 0.6) is 5.88 Å². The predicted octanol–water partition coefficient (Wildman–Crippen LogP) is 2.10. The summed E-state index contributed by atoms with van der Waals surface area (Å²) in [6, 6.07) is 7.39. The summed E-state index contributed by atoms with van der Waals surface area (Å²) < 4.78 is 5.45. The van der Waals surface area contributed by atoms with Crippen molar-refractivity contribution in [2.24, 2.45) is 0 Å². The van der Waals surface area contributed by atoms with E-state index in [1.54, 1.807) is 0 Å². The van der Waals surface area contributed by atoms with E-state index in [0.717, 1.165) is 17.5 Å². The van der Waals surface area contributed by atoms with Gasteiger partial charge in [0.2, 0.25) is 0 Å². The highest BCUT2D eigenvalue weighted by Gasteiger charge is 2.08. The Labute approximate surface area is 93.3 Å². The maximum atomic E-state index is 11.6. The molecule has 4 heteroatoms. The summed E-state index contributed by atoms with van der Waals surface area (Å²) in [6.07, 6.45) is 0.836. The lowest BCUT2D eigenvalue weighted by molar-refractivity contribution is 0.206. The fraction of sp³-hybridized carbons (Fsp3) is 0.333. The highest BCUT2D eigenvalue weighted by molar-refractivity contribution is 5.73. The van der Waals surface area contributed by atoms with Gasteiger partial charge in [0, 0.05) is 0 Å². The van der Waals surface area contributed by atoms with Crippen molar-refractivity contribution in [1.29, 1.82) is 0 Å². The van der Waals surface area contributed by atoms with Gasteiger partial charge in [-0.3, -0.25) is 4.79 Å². The number of para-hydroxylation sites is 2. The lowest BCUT2D eigenvalue weighted by atomic mass is 10.3. The minimum atomic E-state index is -0.279. The van der Waals surface area contributed by atoms with Crippen LogP contribution in [0.1, 0.15) is 20.3 Å². The molecule has 1 aromatic heterocycles. The second-order valence-corrected chi connectivity index (χ2v) is 3.72. The maximum absolute atomic E-state index is 11.6. The number of fused-ring (bicyclic) bond motifs is 1. The molecule has 16 heavy (non-hydrogen) atoms. The number of hydrogen-bond donors (Lipinski definition) is 1. The number of H-pyrrole nitrogens is 1. The van der Waals surface area contributed by atoms with Gasteiger partial charge in [0.25, 0.3) is 5.88 Å². The number of nitrogens with zero attached hydrogens (tertiary/aromatic N) is 1. The molecule has 0 aliphatic rings. The Kier molecular flexibility index (Phi) is 2.90. The Morgan fingerprint density at radius 2 is 2.19 bits per heavy atom. The van der Waals surface area contributed by atoms with Crippen molar-refractivity contribution in [2.75, 3.05) is 0 Å². The summed E-state index contributed by atoms with van der Waals surface area (Å²) in [5.41, 5.74) is 1.18.